The SMILES string of the molecule is CC.Cc1c(F)cc2nc3c(c4c2c1CC[C@H]4N1CCCC1=O)Cn1c-3cc2c(c1=O)COC(=O)C2O. The van der Waals surface area contributed by atoms with Gasteiger partial charge in [0.15, 0.2) is 6.10 Å². The van der Waals surface area contributed by atoms with E-state index in [1.165, 1.54) is 6.07 Å². The highest BCUT2D eigenvalue weighted by atomic mass is 19.1. The summed E-state index contributed by atoms with van der Waals surface area (Å²) in [5, 5.41) is 11.3. The zero-order chi connectivity index (χ0) is 26.2. The molecule has 37 heavy (non-hydrogen) atoms. The molecule has 1 aliphatic carbocycles. The molecule has 1 N–H and O–H groups in total. The highest BCUT2D eigenvalue weighted by Gasteiger charge is 2.40. The molecule has 3 aromatic rings. The molecule has 3 aliphatic heterocycles. The van der Waals surface area contributed by atoms with E-state index in [9.17, 15) is 23.9 Å². The van der Waals surface area contributed by atoms with Gasteiger partial charge in [-0.2, -0.15) is 0 Å². The molecule has 8 nitrogen and oxygen atoms in total. The van der Waals surface area contributed by atoms with E-state index in [1.807, 2.05) is 18.7 Å². The zero-order valence-electron chi connectivity index (χ0n) is 21.1. The number of aryl methyl sites for hydroxylation is 1. The van der Waals surface area contributed by atoms with Crippen LogP contribution in [0.15, 0.2) is 16.9 Å². The Morgan fingerprint density at radius 3 is 2.62 bits per heavy atom. The van der Waals surface area contributed by atoms with Gasteiger partial charge >= 0.3 is 5.97 Å². The van der Waals surface area contributed by atoms with Crippen molar-refractivity contribution in [3.05, 3.63) is 61.7 Å². The first-order valence-electron chi connectivity index (χ1n) is 12.9. The number of hydrogen-bond donors (Lipinski definition) is 1. The molecule has 0 spiro atoms. The van der Waals surface area contributed by atoms with E-state index >= 15 is 0 Å². The second-order valence-electron chi connectivity index (χ2n) is 9.82. The van der Waals surface area contributed by atoms with Gasteiger partial charge in [-0.15, -0.1) is 0 Å². The molecule has 0 bridgehead atoms. The van der Waals surface area contributed by atoms with Crippen molar-refractivity contribution in [2.75, 3.05) is 6.54 Å². The number of carbonyl (C=O) groups is 2. The lowest BCUT2D eigenvalue weighted by atomic mass is 9.81. The normalized spacial score (nSPS) is 21.3. The molecule has 0 saturated carbocycles. The first-order valence-corrected chi connectivity index (χ1v) is 12.9. The summed E-state index contributed by atoms with van der Waals surface area (Å²) in [6.45, 7) is 6.51. The van der Waals surface area contributed by atoms with E-state index < -0.39 is 12.1 Å². The maximum atomic E-state index is 14.9. The predicted octanol–water partition coefficient (Wildman–Crippen LogP) is 3.60. The Balaban J connectivity index is 0.00000123. The summed E-state index contributed by atoms with van der Waals surface area (Å²) in [6, 6.07) is 2.89. The van der Waals surface area contributed by atoms with Crippen LogP contribution in [0.25, 0.3) is 22.3 Å². The third-order valence-electron chi connectivity index (χ3n) is 8.10. The number of amides is 1. The summed E-state index contributed by atoms with van der Waals surface area (Å²) in [4.78, 5) is 44.9. The summed E-state index contributed by atoms with van der Waals surface area (Å²) in [5.74, 6) is -1.02. The Kier molecular flexibility index (Phi) is 5.45. The predicted molar refractivity (Wildman–Crippen MR) is 133 cm³/mol. The Morgan fingerprint density at radius 1 is 1.11 bits per heavy atom. The molecule has 1 fully saturated rings. The smallest absolute Gasteiger partial charge is 0.340 e. The number of aliphatic hydroxyl groups is 1. The number of ether oxygens (including phenoxy) is 1. The highest BCUT2D eigenvalue weighted by Crippen LogP contribution is 2.47. The van der Waals surface area contributed by atoms with Crippen molar-refractivity contribution in [2.24, 2.45) is 0 Å². The lowest BCUT2D eigenvalue weighted by Crippen LogP contribution is -2.33. The summed E-state index contributed by atoms with van der Waals surface area (Å²) in [5.41, 5.74) is 4.93. The molecule has 5 heterocycles. The van der Waals surface area contributed by atoms with Crippen molar-refractivity contribution in [1.29, 1.82) is 0 Å². The molecular formula is C28H28FN3O5. The maximum absolute atomic E-state index is 14.9. The molecule has 1 unspecified atom stereocenters. The quantitative estimate of drug-likeness (QED) is 0.397. The average molecular weight is 506 g/mol. The van der Waals surface area contributed by atoms with E-state index in [2.05, 4.69) is 0 Å². The topological polar surface area (TPSA) is 102 Å². The van der Waals surface area contributed by atoms with Gasteiger partial charge in [-0.1, -0.05) is 13.8 Å². The van der Waals surface area contributed by atoms with Crippen molar-refractivity contribution in [2.45, 2.75) is 71.8 Å². The van der Waals surface area contributed by atoms with Crippen LogP contribution in [0, 0.1) is 12.7 Å². The van der Waals surface area contributed by atoms with Gasteiger partial charge in [0, 0.05) is 35.5 Å². The Hall–Kier alpha value is -3.59. The van der Waals surface area contributed by atoms with Gasteiger partial charge in [0.25, 0.3) is 5.56 Å². The van der Waals surface area contributed by atoms with Crippen LogP contribution in [0.1, 0.15) is 78.6 Å². The minimum atomic E-state index is -1.54. The fourth-order valence-corrected chi connectivity index (χ4v) is 6.39. The second kappa shape index (κ2) is 8.48. The largest absolute Gasteiger partial charge is 0.458 e. The number of rotatable bonds is 1. The van der Waals surface area contributed by atoms with E-state index in [0.29, 0.717) is 48.3 Å². The number of fused-ring (bicyclic) bond motifs is 5. The Labute approximate surface area is 212 Å². The number of hydrogen-bond acceptors (Lipinski definition) is 6. The van der Waals surface area contributed by atoms with Crippen LogP contribution in [-0.2, 0) is 33.9 Å². The number of likely N-dealkylation sites (tertiary alicyclic amines) is 1. The molecule has 1 amide bonds. The molecule has 1 saturated heterocycles. The van der Waals surface area contributed by atoms with Crippen molar-refractivity contribution in [3.63, 3.8) is 0 Å². The molecular weight excluding hydrogens is 477 g/mol. The van der Waals surface area contributed by atoms with Gasteiger partial charge in [-0.3, -0.25) is 9.59 Å². The van der Waals surface area contributed by atoms with Crippen LogP contribution in [0.5, 0.6) is 0 Å². The number of pyridine rings is 2. The fourth-order valence-electron chi connectivity index (χ4n) is 6.39. The minimum Gasteiger partial charge on any atom is -0.458 e. The number of benzene rings is 1. The van der Waals surface area contributed by atoms with Crippen molar-refractivity contribution in [3.8, 4) is 11.4 Å². The number of aromatic nitrogens is 2. The van der Waals surface area contributed by atoms with Gasteiger partial charge in [0.2, 0.25) is 5.91 Å². The standard InChI is InChI=1S/C26H22FN3O5.C2H6/c1-11-12-4-5-18(29-6-2-3-20(29)31)22-14-9-30-19(23(14)28-17(21(12)22)8-16(11)27)7-13-15(25(30)33)10-35-26(34)24(13)32;1-2/h7-8,18,24,32H,2-6,9-10H2,1H3;1-2H3/t18-,24?;/m1./s1. The first kappa shape index (κ1) is 23.8. The summed E-state index contributed by atoms with van der Waals surface area (Å²) >= 11 is 0. The number of cyclic esters (lactones) is 1. The number of nitrogens with zero attached hydrogens (tertiary/aromatic N) is 3. The van der Waals surface area contributed by atoms with E-state index in [-0.39, 0.29) is 47.6 Å². The third kappa shape index (κ3) is 3.22. The monoisotopic (exact) mass is 505 g/mol. The van der Waals surface area contributed by atoms with Crippen LogP contribution >= 0.6 is 0 Å². The van der Waals surface area contributed by atoms with Crippen LogP contribution < -0.4 is 5.56 Å². The molecule has 4 aliphatic rings. The summed E-state index contributed by atoms with van der Waals surface area (Å²) in [7, 11) is 0. The number of esters is 1. The van der Waals surface area contributed by atoms with Crippen molar-refractivity contribution >= 4 is 22.8 Å². The maximum Gasteiger partial charge on any atom is 0.340 e. The van der Waals surface area contributed by atoms with E-state index in [0.717, 1.165) is 28.5 Å². The molecule has 7 rings (SSSR count). The van der Waals surface area contributed by atoms with Crippen LogP contribution in [0.4, 0.5) is 4.39 Å². The zero-order valence-corrected chi connectivity index (χ0v) is 21.1. The highest BCUT2D eigenvalue weighted by molar-refractivity contribution is 5.94. The number of aliphatic hydroxyl groups excluding tert-OH is 1. The molecule has 2 atom stereocenters. The Morgan fingerprint density at radius 2 is 1.89 bits per heavy atom. The lowest BCUT2D eigenvalue weighted by molar-refractivity contribution is -0.157. The molecule has 9 heteroatoms. The molecule has 1 aromatic carbocycles. The lowest BCUT2D eigenvalue weighted by Gasteiger charge is -2.35. The van der Waals surface area contributed by atoms with Gasteiger partial charge in [0.1, 0.15) is 12.4 Å². The van der Waals surface area contributed by atoms with Crippen molar-refractivity contribution < 1.29 is 23.8 Å². The molecule has 0 radical (unpaired) electrons. The van der Waals surface area contributed by atoms with Crippen molar-refractivity contribution in [1.82, 2.24) is 14.5 Å². The molecule has 192 valence electrons. The van der Waals surface area contributed by atoms with Gasteiger partial charge in [0.05, 0.1) is 35.1 Å². The number of carbonyl (C=O) groups excluding carboxylic acids is 2. The number of halogens is 1. The van der Waals surface area contributed by atoms with E-state index in [1.54, 1.807) is 17.6 Å². The summed E-state index contributed by atoms with van der Waals surface area (Å²) < 4.78 is 21.5. The van der Waals surface area contributed by atoms with Gasteiger partial charge in [-0.05, 0) is 48.9 Å². The third-order valence-corrected chi connectivity index (χ3v) is 8.10. The average Bonchev–Trinajstić information content (AvgIpc) is 3.49. The summed E-state index contributed by atoms with van der Waals surface area (Å²) in [6.07, 6.45) is 1.11. The van der Waals surface area contributed by atoms with Crippen LogP contribution in [0.3, 0.4) is 0 Å². The van der Waals surface area contributed by atoms with Crippen LogP contribution in [-0.4, -0.2) is 38.0 Å². The minimum absolute atomic E-state index is 0.109. The fraction of sp³-hybridized carbons (Fsp3) is 0.429. The molecule has 2 aromatic heterocycles. The second-order valence-corrected chi connectivity index (χ2v) is 9.82. The van der Waals surface area contributed by atoms with Crippen LogP contribution in [0.2, 0.25) is 0 Å². The van der Waals surface area contributed by atoms with Gasteiger partial charge < -0.3 is 19.3 Å². The van der Waals surface area contributed by atoms with Gasteiger partial charge in [-0.25, -0.2) is 14.2 Å². The van der Waals surface area contributed by atoms with E-state index in [4.69, 9.17) is 9.72 Å². The Bertz CT molecular complexity index is 1580. The first-order chi connectivity index (χ1) is 17.8.